The predicted molar refractivity (Wildman–Crippen MR) is 147 cm³/mol. The minimum absolute atomic E-state index is 0.431. The van der Waals surface area contributed by atoms with Gasteiger partial charge in [-0.15, -0.1) is 0 Å². The number of hydrogen-bond donors (Lipinski definition) is 0. The molecule has 0 spiro atoms. The fourth-order valence-electron chi connectivity index (χ4n) is 4.27. The minimum Gasteiger partial charge on any atom is -0.425 e. The fraction of sp³-hybridized carbons (Fsp3) is 0.613. The van der Waals surface area contributed by atoms with E-state index in [1.165, 1.54) is 63.4 Å². The molecular weight excluding hydrogens is 446 g/mol. The van der Waals surface area contributed by atoms with Crippen molar-refractivity contribution in [3.8, 4) is 23.2 Å². The maximum absolute atomic E-state index is 12.6. The predicted octanol–water partition coefficient (Wildman–Crippen LogP) is 8.62. The number of rotatable bonds is 18. The number of carbonyl (C=O) groups is 1. The summed E-state index contributed by atoms with van der Waals surface area (Å²) in [4.78, 5) is 21.7. The van der Waals surface area contributed by atoms with E-state index >= 15 is 0 Å². The van der Waals surface area contributed by atoms with Crippen LogP contribution in [0.15, 0.2) is 36.7 Å². The van der Waals surface area contributed by atoms with Gasteiger partial charge in [0.2, 0.25) is 0 Å². The number of nitrogens with zero attached hydrogens (tertiary/aromatic N) is 3. The molecule has 0 N–H and O–H groups in total. The van der Waals surface area contributed by atoms with Crippen molar-refractivity contribution in [1.29, 1.82) is 5.26 Å². The SMILES string of the molecule is CCCCCCCCCCCc1cnc(-c2ccc(OC(=O)C(C)(C#N)CCCCCC)cc2)nc1. The minimum atomic E-state index is -1.13. The molecule has 2 aromatic rings. The lowest BCUT2D eigenvalue weighted by Gasteiger charge is -2.19. The van der Waals surface area contributed by atoms with Gasteiger partial charge in [0.05, 0.1) is 6.07 Å². The topological polar surface area (TPSA) is 75.9 Å². The van der Waals surface area contributed by atoms with Crippen molar-refractivity contribution in [2.45, 2.75) is 117 Å². The van der Waals surface area contributed by atoms with E-state index in [1.54, 1.807) is 19.1 Å². The zero-order valence-electron chi connectivity index (χ0n) is 22.7. The summed E-state index contributed by atoms with van der Waals surface area (Å²) < 4.78 is 5.53. The van der Waals surface area contributed by atoms with Gasteiger partial charge in [-0.05, 0) is 56.0 Å². The number of nitriles is 1. The molecule has 1 atom stereocenters. The first-order valence-electron chi connectivity index (χ1n) is 14.1. The molecule has 0 saturated carbocycles. The van der Waals surface area contributed by atoms with Gasteiger partial charge >= 0.3 is 5.97 Å². The molecule has 5 heteroatoms. The summed E-state index contributed by atoms with van der Waals surface area (Å²) in [5.41, 5.74) is 0.911. The third-order valence-corrected chi connectivity index (χ3v) is 6.82. The van der Waals surface area contributed by atoms with Crippen LogP contribution in [0.3, 0.4) is 0 Å². The maximum Gasteiger partial charge on any atom is 0.331 e. The number of hydrogen-bond acceptors (Lipinski definition) is 5. The van der Waals surface area contributed by atoms with Gasteiger partial charge in [0.1, 0.15) is 5.75 Å². The van der Waals surface area contributed by atoms with Crippen LogP contribution in [0.25, 0.3) is 11.4 Å². The molecule has 1 aromatic heterocycles. The van der Waals surface area contributed by atoms with Crippen molar-refractivity contribution >= 4 is 5.97 Å². The Kier molecular flexibility index (Phi) is 13.8. The number of esters is 1. The quantitative estimate of drug-likeness (QED) is 0.118. The lowest BCUT2D eigenvalue weighted by molar-refractivity contribution is -0.142. The van der Waals surface area contributed by atoms with E-state index in [0.29, 0.717) is 18.0 Å². The first kappa shape index (κ1) is 29.5. The van der Waals surface area contributed by atoms with Crippen molar-refractivity contribution in [3.05, 3.63) is 42.2 Å². The van der Waals surface area contributed by atoms with E-state index in [1.807, 2.05) is 24.5 Å². The van der Waals surface area contributed by atoms with Gasteiger partial charge in [0.15, 0.2) is 11.2 Å². The van der Waals surface area contributed by atoms with E-state index in [0.717, 1.165) is 37.7 Å². The molecule has 0 saturated heterocycles. The lowest BCUT2D eigenvalue weighted by Crippen LogP contribution is -2.30. The Morgan fingerprint density at radius 3 is 1.92 bits per heavy atom. The third kappa shape index (κ3) is 10.5. The van der Waals surface area contributed by atoms with Crippen molar-refractivity contribution < 1.29 is 9.53 Å². The number of ether oxygens (including phenoxy) is 1. The zero-order chi connectivity index (χ0) is 26.1. The number of aryl methyl sites for hydroxylation is 1. The van der Waals surface area contributed by atoms with Gasteiger partial charge in [0.25, 0.3) is 0 Å². The zero-order valence-corrected chi connectivity index (χ0v) is 22.7. The molecule has 5 nitrogen and oxygen atoms in total. The average molecular weight is 492 g/mol. The summed E-state index contributed by atoms with van der Waals surface area (Å²) in [6, 6.07) is 9.33. The highest BCUT2D eigenvalue weighted by atomic mass is 16.5. The van der Waals surface area contributed by atoms with Crippen LogP contribution < -0.4 is 4.74 Å². The molecular formula is C31H45N3O2. The normalized spacial score (nSPS) is 12.6. The molecule has 1 aromatic carbocycles. The first-order chi connectivity index (χ1) is 17.5. The molecule has 0 bridgehead atoms. The second kappa shape index (κ2) is 16.8. The Labute approximate surface area is 218 Å². The van der Waals surface area contributed by atoms with Crippen LogP contribution in [0.1, 0.15) is 116 Å². The number of benzene rings is 1. The van der Waals surface area contributed by atoms with Gasteiger partial charge in [-0.3, -0.25) is 0 Å². The van der Waals surface area contributed by atoms with Crippen LogP contribution in [0.4, 0.5) is 0 Å². The van der Waals surface area contributed by atoms with Crippen LogP contribution in [0, 0.1) is 16.7 Å². The Bertz CT molecular complexity index is 918. The van der Waals surface area contributed by atoms with Crippen LogP contribution >= 0.6 is 0 Å². The molecule has 0 fully saturated rings. The molecule has 196 valence electrons. The number of unbranched alkanes of at least 4 members (excludes halogenated alkanes) is 11. The first-order valence-corrected chi connectivity index (χ1v) is 14.1. The van der Waals surface area contributed by atoms with Crippen molar-refractivity contribution in [3.63, 3.8) is 0 Å². The van der Waals surface area contributed by atoms with Gasteiger partial charge < -0.3 is 4.74 Å². The third-order valence-electron chi connectivity index (χ3n) is 6.82. The van der Waals surface area contributed by atoms with Crippen molar-refractivity contribution in [1.82, 2.24) is 9.97 Å². The Hall–Kier alpha value is -2.74. The van der Waals surface area contributed by atoms with E-state index in [9.17, 15) is 10.1 Å². The summed E-state index contributed by atoms with van der Waals surface area (Å²) in [6.07, 6.45) is 21.4. The summed E-state index contributed by atoms with van der Waals surface area (Å²) in [7, 11) is 0. The molecule has 0 aliphatic heterocycles. The summed E-state index contributed by atoms with van der Waals surface area (Å²) in [5, 5.41) is 9.57. The average Bonchev–Trinajstić information content (AvgIpc) is 2.91. The van der Waals surface area contributed by atoms with E-state index < -0.39 is 11.4 Å². The molecule has 1 heterocycles. The van der Waals surface area contributed by atoms with Gasteiger partial charge in [-0.1, -0.05) is 90.9 Å². The van der Waals surface area contributed by atoms with Gasteiger partial charge in [-0.25, -0.2) is 14.8 Å². The molecule has 0 radical (unpaired) electrons. The monoisotopic (exact) mass is 491 g/mol. The molecule has 2 rings (SSSR count). The number of aromatic nitrogens is 2. The largest absolute Gasteiger partial charge is 0.425 e. The summed E-state index contributed by atoms with van der Waals surface area (Å²) in [5.74, 6) is 0.591. The van der Waals surface area contributed by atoms with Gasteiger partial charge in [0, 0.05) is 18.0 Å². The highest BCUT2D eigenvalue weighted by Gasteiger charge is 2.35. The van der Waals surface area contributed by atoms with Crippen molar-refractivity contribution in [2.75, 3.05) is 0 Å². The van der Waals surface area contributed by atoms with E-state index in [4.69, 9.17) is 4.74 Å². The maximum atomic E-state index is 12.6. The smallest absolute Gasteiger partial charge is 0.331 e. The van der Waals surface area contributed by atoms with Crippen LogP contribution in [0.5, 0.6) is 5.75 Å². The van der Waals surface area contributed by atoms with Crippen LogP contribution in [-0.4, -0.2) is 15.9 Å². The molecule has 0 aliphatic rings. The molecule has 0 amide bonds. The summed E-state index contributed by atoms with van der Waals surface area (Å²) in [6.45, 7) is 6.06. The Balaban J connectivity index is 1.78. The fourth-order valence-corrected chi connectivity index (χ4v) is 4.27. The second-order valence-electron chi connectivity index (χ2n) is 10.2. The van der Waals surface area contributed by atoms with Crippen LogP contribution in [-0.2, 0) is 11.2 Å². The highest BCUT2D eigenvalue weighted by Crippen LogP contribution is 2.28. The van der Waals surface area contributed by atoms with Crippen molar-refractivity contribution in [2.24, 2.45) is 5.41 Å². The highest BCUT2D eigenvalue weighted by molar-refractivity contribution is 5.81. The van der Waals surface area contributed by atoms with Crippen LogP contribution in [0.2, 0.25) is 0 Å². The van der Waals surface area contributed by atoms with E-state index in [-0.39, 0.29) is 0 Å². The summed E-state index contributed by atoms with van der Waals surface area (Å²) >= 11 is 0. The Morgan fingerprint density at radius 2 is 1.36 bits per heavy atom. The lowest BCUT2D eigenvalue weighted by atomic mass is 9.86. The second-order valence-corrected chi connectivity index (χ2v) is 10.2. The molecule has 36 heavy (non-hydrogen) atoms. The van der Waals surface area contributed by atoms with E-state index in [2.05, 4.69) is 29.9 Å². The Morgan fingerprint density at radius 1 is 0.833 bits per heavy atom. The number of carbonyl (C=O) groups excluding carboxylic acids is 1. The molecule has 1 unspecified atom stereocenters. The molecule has 0 aliphatic carbocycles. The van der Waals surface area contributed by atoms with Gasteiger partial charge in [-0.2, -0.15) is 5.26 Å². The standard InChI is InChI=1S/C31H45N3O2/c1-4-6-8-10-11-12-13-14-15-17-26-23-33-29(34-24-26)27-18-20-28(21-19-27)36-30(35)31(3,25-32)22-16-9-7-5-2/h18-21,23-24H,4-17,22H2,1-3H3.